The SMILES string of the molecule is COc1ccc(-c2nc(N)c(C#N)c(-c3cccc(F)c3)c2C)cc1. The number of anilines is 1. The molecule has 0 fully saturated rings. The molecule has 2 N–H and O–H groups in total. The van der Waals surface area contributed by atoms with Crippen LogP contribution in [0.3, 0.4) is 0 Å². The number of methoxy groups -OCH3 is 1. The van der Waals surface area contributed by atoms with Crippen molar-refractivity contribution >= 4 is 5.82 Å². The van der Waals surface area contributed by atoms with Gasteiger partial charge in [0.05, 0.1) is 12.8 Å². The molecule has 0 aliphatic heterocycles. The van der Waals surface area contributed by atoms with Crippen LogP contribution in [0.5, 0.6) is 5.75 Å². The first-order valence-corrected chi connectivity index (χ1v) is 7.65. The fraction of sp³-hybridized carbons (Fsp3) is 0.100. The Hall–Kier alpha value is -3.39. The van der Waals surface area contributed by atoms with E-state index in [0.717, 1.165) is 16.9 Å². The second-order valence-corrected chi connectivity index (χ2v) is 5.57. The molecule has 0 aliphatic carbocycles. The van der Waals surface area contributed by atoms with E-state index in [2.05, 4.69) is 11.1 Å². The van der Waals surface area contributed by atoms with Crippen LogP contribution in [0.2, 0.25) is 0 Å². The molecule has 4 nitrogen and oxygen atoms in total. The highest BCUT2D eigenvalue weighted by Crippen LogP contribution is 2.36. The van der Waals surface area contributed by atoms with Gasteiger partial charge in [-0.1, -0.05) is 12.1 Å². The molecule has 0 aliphatic rings. The first kappa shape index (κ1) is 16.5. The van der Waals surface area contributed by atoms with Crippen LogP contribution in [-0.2, 0) is 0 Å². The molecular weight excluding hydrogens is 317 g/mol. The number of nitriles is 1. The molecule has 3 rings (SSSR count). The Morgan fingerprint density at radius 3 is 2.44 bits per heavy atom. The number of benzene rings is 2. The van der Waals surface area contributed by atoms with Gasteiger partial charge in [0.25, 0.3) is 0 Å². The summed E-state index contributed by atoms with van der Waals surface area (Å²) < 4.78 is 18.9. The second-order valence-electron chi connectivity index (χ2n) is 5.57. The number of hydrogen-bond donors (Lipinski definition) is 1. The van der Waals surface area contributed by atoms with Gasteiger partial charge >= 0.3 is 0 Å². The van der Waals surface area contributed by atoms with E-state index >= 15 is 0 Å². The minimum atomic E-state index is -0.373. The molecule has 0 saturated carbocycles. The van der Waals surface area contributed by atoms with E-state index in [1.165, 1.54) is 12.1 Å². The lowest BCUT2D eigenvalue weighted by molar-refractivity contribution is 0.415. The molecule has 1 heterocycles. The van der Waals surface area contributed by atoms with Gasteiger partial charge in [-0.2, -0.15) is 5.26 Å². The lowest BCUT2D eigenvalue weighted by atomic mass is 9.93. The number of nitrogens with zero attached hydrogens (tertiary/aromatic N) is 2. The first-order chi connectivity index (χ1) is 12.0. The first-order valence-electron chi connectivity index (χ1n) is 7.65. The van der Waals surface area contributed by atoms with Crippen molar-refractivity contribution in [3.8, 4) is 34.2 Å². The van der Waals surface area contributed by atoms with Crippen molar-refractivity contribution in [3.63, 3.8) is 0 Å². The van der Waals surface area contributed by atoms with E-state index in [9.17, 15) is 9.65 Å². The maximum absolute atomic E-state index is 13.7. The minimum Gasteiger partial charge on any atom is -0.497 e. The topological polar surface area (TPSA) is 71.9 Å². The third-order valence-corrected chi connectivity index (χ3v) is 4.06. The highest BCUT2D eigenvalue weighted by Gasteiger charge is 2.18. The zero-order chi connectivity index (χ0) is 18.0. The monoisotopic (exact) mass is 333 g/mol. The maximum Gasteiger partial charge on any atom is 0.142 e. The summed E-state index contributed by atoms with van der Waals surface area (Å²) >= 11 is 0. The fourth-order valence-electron chi connectivity index (χ4n) is 2.84. The number of aromatic nitrogens is 1. The van der Waals surface area contributed by atoms with Crippen molar-refractivity contribution in [2.75, 3.05) is 12.8 Å². The molecule has 2 aromatic carbocycles. The number of hydrogen-bond acceptors (Lipinski definition) is 4. The summed E-state index contributed by atoms with van der Waals surface area (Å²) in [7, 11) is 1.60. The van der Waals surface area contributed by atoms with Gasteiger partial charge in [0, 0.05) is 11.1 Å². The Morgan fingerprint density at radius 2 is 1.84 bits per heavy atom. The number of halogens is 1. The Labute approximate surface area is 145 Å². The molecule has 0 spiro atoms. The van der Waals surface area contributed by atoms with Gasteiger partial charge < -0.3 is 10.5 Å². The van der Waals surface area contributed by atoms with Crippen LogP contribution in [0, 0.1) is 24.1 Å². The van der Waals surface area contributed by atoms with Gasteiger partial charge in [-0.25, -0.2) is 9.37 Å². The molecular formula is C20H16FN3O. The van der Waals surface area contributed by atoms with Crippen molar-refractivity contribution in [3.05, 3.63) is 65.5 Å². The zero-order valence-corrected chi connectivity index (χ0v) is 13.9. The summed E-state index contributed by atoms with van der Waals surface area (Å²) in [6.45, 7) is 1.85. The lowest BCUT2D eigenvalue weighted by Crippen LogP contribution is -2.03. The summed E-state index contributed by atoms with van der Waals surface area (Å²) in [6, 6.07) is 15.6. The summed E-state index contributed by atoms with van der Waals surface area (Å²) in [5, 5.41) is 9.50. The van der Waals surface area contributed by atoms with Gasteiger partial charge in [-0.15, -0.1) is 0 Å². The van der Waals surface area contributed by atoms with Gasteiger partial charge in [-0.05, 0) is 54.4 Å². The van der Waals surface area contributed by atoms with E-state index in [4.69, 9.17) is 10.5 Å². The summed E-state index contributed by atoms with van der Waals surface area (Å²) in [5.74, 6) is 0.480. The smallest absolute Gasteiger partial charge is 0.142 e. The van der Waals surface area contributed by atoms with Gasteiger partial charge in [0.15, 0.2) is 0 Å². The molecule has 0 atom stereocenters. The summed E-state index contributed by atoms with van der Waals surface area (Å²) in [4.78, 5) is 4.40. The molecule has 0 radical (unpaired) electrons. The Bertz CT molecular complexity index is 975. The van der Waals surface area contributed by atoms with Crippen molar-refractivity contribution in [2.24, 2.45) is 0 Å². The van der Waals surface area contributed by atoms with Crippen LogP contribution in [0.4, 0.5) is 10.2 Å². The molecule has 0 saturated heterocycles. The van der Waals surface area contributed by atoms with E-state index in [0.29, 0.717) is 16.8 Å². The number of pyridine rings is 1. The molecule has 0 bridgehead atoms. The highest BCUT2D eigenvalue weighted by atomic mass is 19.1. The number of nitrogen functional groups attached to an aromatic ring is 1. The number of nitrogens with two attached hydrogens (primary N) is 1. The largest absolute Gasteiger partial charge is 0.497 e. The molecule has 0 amide bonds. The van der Waals surface area contributed by atoms with E-state index in [1.54, 1.807) is 19.2 Å². The summed E-state index contributed by atoms with van der Waals surface area (Å²) in [5.41, 5.74) is 9.72. The van der Waals surface area contributed by atoms with Crippen LogP contribution in [-0.4, -0.2) is 12.1 Å². The van der Waals surface area contributed by atoms with Gasteiger partial charge in [-0.3, -0.25) is 0 Å². The normalized spacial score (nSPS) is 10.3. The minimum absolute atomic E-state index is 0.123. The van der Waals surface area contributed by atoms with Gasteiger partial charge in [0.1, 0.15) is 29.0 Å². The quantitative estimate of drug-likeness (QED) is 0.774. The third kappa shape index (κ3) is 3.02. The van der Waals surface area contributed by atoms with Gasteiger partial charge in [0.2, 0.25) is 0 Å². The van der Waals surface area contributed by atoms with Crippen LogP contribution in [0.25, 0.3) is 22.4 Å². The van der Waals surface area contributed by atoms with Crippen LogP contribution >= 0.6 is 0 Å². The predicted octanol–water partition coefficient (Wildman–Crippen LogP) is 4.33. The van der Waals surface area contributed by atoms with Crippen LogP contribution < -0.4 is 10.5 Å². The zero-order valence-electron chi connectivity index (χ0n) is 13.9. The Balaban J connectivity index is 2.27. The molecule has 5 heteroatoms. The van der Waals surface area contributed by atoms with Crippen LogP contribution in [0.1, 0.15) is 11.1 Å². The van der Waals surface area contributed by atoms with Crippen LogP contribution in [0.15, 0.2) is 48.5 Å². The fourth-order valence-corrected chi connectivity index (χ4v) is 2.84. The number of rotatable bonds is 3. The third-order valence-electron chi connectivity index (χ3n) is 4.06. The standard InChI is InChI=1S/C20H16FN3O/c1-12-18(14-4-3-5-15(21)10-14)17(11-22)20(23)24-19(12)13-6-8-16(25-2)9-7-13/h3-10H,1-2H3,(H2,23,24). The second kappa shape index (κ2) is 6.62. The van der Waals surface area contributed by atoms with E-state index in [1.807, 2.05) is 31.2 Å². The average molecular weight is 333 g/mol. The summed E-state index contributed by atoms with van der Waals surface area (Å²) in [6.07, 6.45) is 0. The molecule has 25 heavy (non-hydrogen) atoms. The van der Waals surface area contributed by atoms with E-state index in [-0.39, 0.29) is 17.2 Å². The van der Waals surface area contributed by atoms with Crippen molar-refractivity contribution < 1.29 is 9.13 Å². The van der Waals surface area contributed by atoms with Crippen molar-refractivity contribution in [1.29, 1.82) is 5.26 Å². The Kier molecular flexibility index (Phi) is 4.36. The van der Waals surface area contributed by atoms with E-state index < -0.39 is 0 Å². The maximum atomic E-state index is 13.7. The molecule has 0 unspecified atom stereocenters. The van der Waals surface area contributed by atoms with Crippen molar-refractivity contribution in [2.45, 2.75) is 6.92 Å². The molecule has 3 aromatic rings. The predicted molar refractivity (Wildman–Crippen MR) is 95.5 cm³/mol. The molecule has 1 aromatic heterocycles. The highest BCUT2D eigenvalue weighted by molar-refractivity contribution is 5.84. The molecule has 124 valence electrons. The van der Waals surface area contributed by atoms with Crippen molar-refractivity contribution in [1.82, 2.24) is 4.98 Å². The lowest BCUT2D eigenvalue weighted by Gasteiger charge is -2.15. The Morgan fingerprint density at radius 1 is 1.12 bits per heavy atom. The number of ether oxygens (including phenoxy) is 1. The average Bonchev–Trinajstić information content (AvgIpc) is 2.63.